The quantitative estimate of drug-likeness (QED) is 0.654. The van der Waals surface area contributed by atoms with E-state index in [1.54, 1.807) is 13.8 Å². The second kappa shape index (κ2) is 6.66. The number of rotatable bonds is 6. The molecule has 0 bridgehead atoms. The van der Waals surface area contributed by atoms with Gasteiger partial charge in [-0.3, -0.25) is 0 Å². The van der Waals surface area contributed by atoms with Gasteiger partial charge >= 0.3 is 12.1 Å². The molecule has 0 rings (SSSR count). The fourth-order valence-electron chi connectivity index (χ4n) is 0.962. The third-order valence-electron chi connectivity index (χ3n) is 1.55. The summed E-state index contributed by atoms with van der Waals surface area (Å²) in [6.45, 7) is 2.05. The predicted molar refractivity (Wildman–Crippen MR) is 47.3 cm³/mol. The van der Waals surface area contributed by atoms with E-state index in [1.165, 1.54) is 0 Å². The summed E-state index contributed by atoms with van der Waals surface area (Å²) in [7, 11) is 0. The Bertz CT molecular complexity index is 192. The molecule has 0 aromatic rings. The molecule has 1 atom stereocenters. The number of hydrogen-bond donors (Lipinski definition) is 0. The minimum atomic E-state index is -4.42. The van der Waals surface area contributed by atoms with E-state index < -0.39 is 24.9 Å². The standard InChI is InChI=1S/C9H15F3O3/c1-3-5-7(8(13)14-4-2)15-6-9(10,11)12/h7H,3-6H2,1-2H3. The Kier molecular flexibility index (Phi) is 6.31. The van der Waals surface area contributed by atoms with Crippen molar-refractivity contribution < 1.29 is 27.4 Å². The lowest BCUT2D eigenvalue weighted by Gasteiger charge is -2.16. The van der Waals surface area contributed by atoms with Gasteiger partial charge in [-0.2, -0.15) is 13.2 Å². The van der Waals surface area contributed by atoms with Crippen molar-refractivity contribution in [3.63, 3.8) is 0 Å². The molecule has 0 aliphatic heterocycles. The number of hydrogen-bond acceptors (Lipinski definition) is 3. The first-order valence-electron chi connectivity index (χ1n) is 4.75. The van der Waals surface area contributed by atoms with Gasteiger partial charge in [-0.1, -0.05) is 13.3 Å². The van der Waals surface area contributed by atoms with Crippen LogP contribution in [0.1, 0.15) is 26.7 Å². The van der Waals surface area contributed by atoms with Gasteiger partial charge < -0.3 is 9.47 Å². The van der Waals surface area contributed by atoms with Gasteiger partial charge in [0, 0.05) is 0 Å². The fraction of sp³-hybridized carbons (Fsp3) is 0.889. The SMILES string of the molecule is CCCC(OCC(F)(F)F)C(=O)OCC. The van der Waals surface area contributed by atoms with Crippen molar-refractivity contribution in [2.75, 3.05) is 13.2 Å². The van der Waals surface area contributed by atoms with Crippen LogP contribution in [-0.4, -0.2) is 31.5 Å². The Morgan fingerprint density at radius 1 is 1.33 bits per heavy atom. The number of esters is 1. The summed E-state index contributed by atoms with van der Waals surface area (Å²) in [5.74, 6) is -0.733. The van der Waals surface area contributed by atoms with Crippen molar-refractivity contribution in [2.24, 2.45) is 0 Å². The summed E-state index contributed by atoms with van der Waals surface area (Å²) in [6.07, 6.45) is -4.74. The molecule has 1 unspecified atom stereocenters. The van der Waals surface area contributed by atoms with Crippen molar-refractivity contribution in [3.05, 3.63) is 0 Å². The van der Waals surface area contributed by atoms with Crippen LogP contribution in [0.2, 0.25) is 0 Å². The number of ether oxygens (including phenoxy) is 2. The molecule has 15 heavy (non-hydrogen) atoms. The van der Waals surface area contributed by atoms with Crippen LogP contribution >= 0.6 is 0 Å². The zero-order valence-electron chi connectivity index (χ0n) is 8.76. The molecule has 3 nitrogen and oxygen atoms in total. The molecule has 0 radical (unpaired) electrons. The molecule has 0 aliphatic rings. The van der Waals surface area contributed by atoms with Crippen LogP contribution < -0.4 is 0 Å². The highest BCUT2D eigenvalue weighted by molar-refractivity contribution is 5.74. The van der Waals surface area contributed by atoms with E-state index in [-0.39, 0.29) is 13.0 Å². The lowest BCUT2D eigenvalue weighted by Crippen LogP contribution is -2.31. The van der Waals surface area contributed by atoms with Gasteiger partial charge in [0.15, 0.2) is 6.10 Å². The van der Waals surface area contributed by atoms with Gasteiger partial charge in [0.2, 0.25) is 0 Å². The maximum Gasteiger partial charge on any atom is 0.411 e. The summed E-state index contributed by atoms with van der Waals surface area (Å²) >= 11 is 0. The minimum absolute atomic E-state index is 0.133. The molecule has 0 aromatic carbocycles. The highest BCUT2D eigenvalue weighted by Gasteiger charge is 2.31. The summed E-state index contributed by atoms with van der Waals surface area (Å²) < 4.78 is 44.5. The number of alkyl halides is 3. The zero-order chi connectivity index (χ0) is 11.9. The summed E-state index contributed by atoms with van der Waals surface area (Å²) in [5.41, 5.74) is 0. The summed E-state index contributed by atoms with van der Waals surface area (Å²) in [5, 5.41) is 0. The Hall–Kier alpha value is -0.780. The molecule has 0 N–H and O–H groups in total. The lowest BCUT2D eigenvalue weighted by molar-refractivity contribution is -0.195. The Labute approximate surface area is 86.5 Å². The average Bonchev–Trinajstić information content (AvgIpc) is 2.11. The molecule has 90 valence electrons. The van der Waals surface area contributed by atoms with Crippen LogP contribution in [-0.2, 0) is 14.3 Å². The van der Waals surface area contributed by atoms with Gasteiger partial charge in [-0.25, -0.2) is 4.79 Å². The van der Waals surface area contributed by atoms with Gasteiger partial charge in [0.05, 0.1) is 6.61 Å². The molecule has 0 spiro atoms. The zero-order valence-corrected chi connectivity index (χ0v) is 8.76. The summed E-state index contributed by atoms with van der Waals surface area (Å²) in [6, 6.07) is 0. The predicted octanol–water partition coefficient (Wildman–Crippen LogP) is 2.30. The summed E-state index contributed by atoms with van der Waals surface area (Å²) in [4.78, 5) is 11.1. The molecule has 0 amide bonds. The van der Waals surface area contributed by atoms with Crippen molar-refractivity contribution in [1.29, 1.82) is 0 Å². The maximum absolute atomic E-state index is 11.8. The first kappa shape index (κ1) is 14.2. The molecule has 0 heterocycles. The van der Waals surface area contributed by atoms with Crippen molar-refractivity contribution in [3.8, 4) is 0 Å². The first-order valence-corrected chi connectivity index (χ1v) is 4.75. The highest BCUT2D eigenvalue weighted by Crippen LogP contribution is 2.17. The monoisotopic (exact) mass is 228 g/mol. The number of halogens is 3. The van der Waals surface area contributed by atoms with E-state index in [4.69, 9.17) is 0 Å². The maximum atomic E-state index is 11.8. The fourth-order valence-corrected chi connectivity index (χ4v) is 0.962. The Morgan fingerprint density at radius 3 is 2.33 bits per heavy atom. The second-order valence-corrected chi connectivity index (χ2v) is 2.96. The molecule has 0 saturated carbocycles. The van der Waals surface area contributed by atoms with Gasteiger partial charge in [-0.15, -0.1) is 0 Å². The average molecular weight is 228 g/mol. The molecular formula is C9H15F3O3. The molecular weight excluding hydrogens is 213 g/mol. The first-order chi connectivity index (χ1) is 6.90. The van der Waals surface area contributed by atoms with Crippen LogP contribution in [0.3, 0.4) is 0 Å². The van der Waals surface area contributed by atoms with Crippen LogP contribution in [0.5, 0.6) is 0 Å². The highest BCUT2D eigenvalue weighted by atomic mass is 19.4. The molecule has 6 heteroatoms. The smallest absolute Gasteiger partial charge is 0.411 e. The minimum Gasteiger partial charge on any atom is -0.464 e. The molecule has 0 aromatic heterocycles. The van der Waals surface area contributed by atoms with Gasteiger partial charge in [0.25, 0.3) is 0 Å². The van der Waals surface area contributed by atoms with Crippen molar-refractivity contribution in [2.45, 2.75) is 39.0 Å². The van der Waals surface area contributed by atoms with Crippen LogP contribution in [0, 0.1) is 0 Å². The van der Waals surface area contributed by atoms with E-state index >= 15 is 0 Å². The lowest BCUT2D eigenvalue weighted by atomic mass is 10.2. The van der Waals surface area contributed by atoms with Crippen molar-refractivity contribution >= 4 is 5.97 Å². The van der Waals surface area contributed by atoms with Gasteiger partial charge in [-0.05, 0) is 13.3 Å². The van der Waals surface area contributed by atoms with Crippen LogP contribution in [0.25, 0.3) is 0 Å². The number of carbonyl (C=O) groups is 1. The number of carbonyl (C=O) groups excluding carboxylic acids is 1. The molecule has 0 saturated heterocycles. The molecule has 0 aliphatic carbocycles. The van der Waals surface area contributed by atoms with Gasteiger partial charge in [0.1, 0.15) is 6.61 Å². The van der Waals surface area contributed by atoms with E-state index in [0.29, 0.717) is 6.42 Å². The van der Waals surface area contributed by atoms with Crippen LogP contribution in [0.15, 0.2) is 0 Å². The third-order valence-corrected chi connectivity index (χ3v) is 1.55. The Balaban J connectivity index is 4.09. The molecule has 0 fully saturated rings. The van der Waals surface area contributed by atoms with E-state index in [0.717, 1.165) is 0 Å². The van der Waals surface area contributed by atoms with E-state index in [2.05, 4.69) is 9.47 Å². The largest absolute Gasteiger partial charge is 0.464 e. The topological polar surface area (TPSA) is 35.5 Å². The van der Waals surface area contributed by atoms with Crippen LogP contribution in [0.4, 0.5) is 13.2 Å². The Morgan fingerprint density at radius 2 is 1.93 bits per heavy atom. The second-order valence-electron chi connectivity index (χ2n) is 2.96. The van der Waals surface area contributed by atoms with E-state index in [9.17, 15) is 18.0 Å². The van der Waals surface area contributed by atoms with E-state index in [1.807, 2.05) is 0 Å². The van der Waals surface area contributed by atoms with Crippen molar-refractivity contribution in [1.82, 2.24) is 0 Å². The normalized spacial score (nSPS) is 13.7. The third kappa shape index (κ3) is 7.18.